The second-order valence-corrected chi connectivity index (χ2v) is 6.87. The van der Waals surface area contributed by atoms with Crippen molar-refractivity contribution in [2.45, 2.75) is 19.3 Å². The molecule has 0 saturated carbocycles. The molecular formula is C21H19ClN2O. The number of aromatic nitrogens is 1. The second-order valence-electron chi connectivity index (χ2n) is 6.43. The normalized spacial score (nSPS) is 14.7. The maximum atomic E-state index is 13.1. The lowest BCUT2D eigenvalue weighted by molar-refractivity contribution is 0.0726. The van der Waals surface area contributed by atoms with Gasteiger partial charge in [-0.05, 0) is 43.5 Å². The average molecular weight is 351 g/mol. The highest BCUT2D eigenvalue weighted by molar-refractivity contribution is 6.30. The third kappa shape index (κ3) is 3.24. The molecule has 1 fully saturated rings. The zero-order chi connectivity index (χ0) is 17.2. The van der Waals surface area contributed by atoms with Crippen molar-refractivity contribution in [2.24, 2.45) is 0 Å². The molecule has 1 aliphatic rings. The molecule has 0 aliphatic carbocycles. The van der Waals surface area contributed by atoms with Gasteiger partial charge in [0.2, 0.25) is 0 Å². The topological polar surface area (TPSA) is 33.2 Å². The lowest BCUT2D eigenvalue weighted by atomic mass is 10.0. The largest absolute Gasteiger partial charge is 0.339 e. The van der Waals surface area contributed by atoms with Crippen LogP contribution in [-0.4, -0.2) is 28.9 Å². The second kappa shape index (κ2) is 6.85. The Hall–Kier alpha value is -2.39. The molecule has 1 aromatic heterocycles. The minimum absolute atomic E-state index is 0.105. The van der Waals surface area contributed by atoms with Crippen LogP contribution in [0.1, 0.15) is 29.6 Å². The van der Waals surface area contributed by atoms with E-state index in [-0.39, 0.29) is 5.91 Å². The zero-order valence-electron chi connectivity index (χ0n) is 13.9. The number of fused-ring (bicyclic) bond motifs is 1. The van der Waals surface area contributed by atoms with E-state index in [4.69, 9.17) is 16.6 Å². The molecule has 0 bridgehead atoms. The number of rotatable bonds is 2. The molecular weight excluding hydrogens is 332 g/mol. The first kappa shape index (κ1) is 16.1. The number of likely N-dealkylation sites (tertiary alicyclic amines) is 1. The van der Waals surface area contributed by atoms with E-state index in [9.17, 15) is 4.79 Å². The van der Waals surface area contributed by atoms with Crippen LogP contribution >= 0.6 is 11.6 Å². The average Bonchev–Trinajstić information content (AvgIpc) is 2.68. The first-order valence-corrected chi connectivity index (χ1v) is 9.05. The highest BCUT2D eigenvalue weighted by Gasteiger charge is 2.21. The molecule has 2 heterocycles. The Labute approximate surface area is 152 Å². The summed E-state index contributed by atoms with van der Waals surface area (Å²) in [6.07, 6.45) is 3.37. The van der Waals surface area contributed by atoms with Gasteiger partial charge in [-0.3, -0.25) is 4.79 Å². The number of nitrogens with zero attached hydrogens (tertiary/aromatic N) is 2. The van der Waals surface area contributed by atoms with Crippen molar-refractivity contribution >= 4 is 28.4 Å². The van der Waals surface area contributed by atoms with Crippen molar-refractivity contribution in [1.82, 2.24) is 9.88 Å². The third-order valence-electron chi connectivity index (χ3n) is 4.73. The summed E-state index contributed by atoms with van der Waals surface area (Å²) in [5.41, 5.74) is 3.34. The van der Waals surface area contributed by atoms with Crippen LogP contribution in [0.5, 0.6) is 0 Å². The van der Waals surface area contributed by atoms with Gasteiger partial charge in [0.25, 0.3) is 5.91 Å². The summed E-state index contributed by atoms with van der Waals surface area (Å²) in [5.74, 6) is 0.105. The van der Waals surface area contributed by atoms with Crippen molar-refractivity contribution in [1.29, 1.82) is 0 Å². The van der Waals surface area contributed by atoms with Gasteiger partial charge in [-0.2, -0.15) is 0 Å². The van der Waals surface area contributed by atoms with Gasteiger partial charge in [0.1, 0.15) is 0 Å². The quantitative estimate of drug-likeness (QED) is 0.638. The maximum Gasteiger partial charge on any atom is 0.254 e. The fourth-order valence-electron chi connectivity index (χ4n) is 3.39. The fraction of sp³-hybridized carbons (Fsp3) is 0.238. The highest BCUT2D eigenvalue weighted by Crippen LogP contribution is 2.27. The smallest absolute Gasteiger partial charge is 0.254 e. The Morgan fingerprint density at radius 3 is 2.44 bits per heavy atom. The molecule has 0 atom stereocenters. The van der Waals surface area contributed by atoms with E-state index in [0.29, 0.717) is 5.02 Å². The van der Waals surface area contributed by atoms with Gasteiger partial charge >= 0.3 is 0 Å². The number of hydrogen-bond acceptors (Lipinski definition) is 2. The van der Waals surface area contributed by atoms with Gasteiger partial charge in [-0.1, -0.05) is 41.9 Å². The Morgan fingerprint density at radius 2 is 1.68 bits per heavy atom. The predicted molar refractivity (Wildman–Crippen MR) is 102 cm³/mol. The minimum Gasteiger partial charge on any atom is -0.339 e. The SMILES string of the molecule is O=C(c1cc(-c2ccc(Cl)cc2)nc2ccccc12)N1CCCCC1. The van der Waals surface area contributed by atoms with Crippen molar-refractivity contribution < 1.29 is 4.79 Å². The lowest BCUT2D eigenvalue weighted by Gasteiger charge is -2.27. The lowest BCUT2D eigenvalue weighted by Crippen LogP contribution is -2.35. The standard InChI is InChI=1S/C21H19ClN2O/c22-16-10-8-15(9-11-16)20-14-18(17-6-2-3-7-19(17)23-20)21(25)24-12-4-1-5-13-24/h2-3,6-11,14H,1,4-5,12-13H2. The van der Waals surface area contributed by atoms with Gasteiger partial charge in [-0.25, -0.2) is 4.98 Å². The van der Waals surface area contributed by atoms with Gasteiger partial charge in [0.15, 0.2) is 0 Å². The monoisotopic (exact) mass is 350 g/mol. The van der Waals surface area contributed by atoms with E-state index in [1.165, 1.54) is 6.42 Å². The summed E-state index contributed by atoms with van der Waals surface area (Å²) in [6.45, 7) is 1.68. The van der Waals surface area contributed by atoms with Crippen LogP contribution in [0.4, 0.5) is 0 Å². The maximum absolute atomic E-state index is 13.1. The number of halogens is 1. The zero-order valence-corrected chi connectivity index (χ0v) is 14.7. The number of piperidine rings is 1. The highest BCUT2D eigenvalue weighted by atomic mass is 35.5. The first-order valence-electron chi connectivity index (χ1n) is 8.67. The molecule has 0 unspecified atom stereocenters. The number of benzene rings is 2. The molecule has 3 nitrogen and oxygen atoms in total. The van der Waals surface area contributed by atoms with Gasteiger partial charge in [-0.15, -0.1) is 0 Å². The van der Waals surface area contributed by atoms with Gasteiger partial charge < -0.3 is 4.90 Å². The predicted octanol–water partition coefficient (Wildman–Crippen LogP) is 5.18. The molecule has 0 radical (unpaired) electrons. The van der Waals surface area contributed by atoms with E-state index in [0.717, 1.165) is 53.7 Å². The van der Waals surface area contributed by atoms with Crippen LogP contribution in [0.2, 0.25) is 5.02 Å². The Kier molecular flexibility index (Phi) is 4.41. The number of amides is 1. The van der Waals surface area contributed by atoms with Crippen LogP contribution in [0.15, 0.2) is 54.6 Å². The molecule has 0 N–H and O–H groups in total. The summed E-state index contributed by atoms with van der Waals surface area (Å²) >= 11 is 6.00. The van der Waals surface area contributed by atoms with E-state index >= 15 is 0 Å². The Balaban J connectivity index is 1.83. The van der Waals surface area contributed by atoms with Crippen LogP contribution in [0, 0.1) is 0 Å². The van der Waals surface area contributed by atoms with Crippen LogP contribution in [-0.2, 0) is 0 Å². The molecule has 4 heteroatoms. The Bertz CT molecular complexity index is 915. The number of para-hydroxylation sites is 1. The summed E-state index contributed by atoms with van der Waals surface area (Å²) in [6, 6.07) is 17.3. The minimum atomic E-state index is 0.105. The van der Waals surface area contributed by atoms with Crippen LogP contribution < -0.4 is 0 Å². The number of carbonyl (C=O) groups is 1. The molecule has 0 spiro atoms. The van der Waals surface area contributed by atoms with Crippen LogP contribution in [0.25, 0.3) is 22.2 Å². The van der Waals surface area contributed by atoms with E-state index in [1.54, 1.807) is 0 Å². The van der Waals surface area contributed by atoms with E-state index < -0.39 is 0 Å². The summed E-state index contributed by atoms with van der Waals surface area (Å²) in [5, 5.41) is 1.60. The molecule has 1 amide bonds. The molecule has 126 valence electrons. The third-order valence-corrected chi connectivity index (χ3v) is 4.98. The number of pyridine rings is 1. The van der Waals surface area contributed by atoms with Crippen molar-refractivity contribution in [3.63, 3.8) is 0 Å². The fourth-order valence-corrected chi connectivity index (χ4v) is 3.51. The van der Waals surface area contributed by atoms with E-state index in [2.05, 4.69) is 0 Å². The van der Waals surface area contributed by atoms with Crippen LogP contribution in [0.3, 0.4) is 0 Å². The number of hydrogen-bond donors (Lipinski definition) is 0. The van der Waals surface area contributed by atoms with Crippen molar-refractivity contribution in [3.8, 4) is 11.3 Å². The molecule has 2 aromatic carbocycles. The summed E-state index contributed by atoms with van der Waals surface area (Å²) in [7, 11) is 0. The van der Waals surface area contributed by atoms with E-state index in [1.807, 2.05) is 59.5 Å². The number of carbonyl (C=O) groups excluding carboxylic acids is 1. The Morgan fingerprint density at radius 1 is 0.960 bits per heavy atom. The summed E-state index contributed by atoms with van der Waals surface area (Å²) < 4.78 is 0. The first-order chi connectivity index (χ1) is 12.2. The molecule has 25 heavy (non-hydrogen) atoms. The molecule has 3 aromatic rings. The molecule has 4 rings (SSSR count). The van der Waals surface area contributed by atoms with Gasteiger partial charge in [0.05, 0.1) is 16.8 Å². The van der Waals surface area contributed by atoms with Crippen molar-refractivity contribution in [3.05, 3.63) is 65.2 Å². The molecule has 1 saturated heterocycles. The van der Waals surface area contributed by atoms with Gasteiger partial charge in [0, 0.05) is 29.1 Å². The molecule has 1 aliphatic heterocycles. The summed E-state index contributed by atoms with van der Waals surface area (Å²) in [4.78, 5) is 19.8. The van der Waals surface area contributed by atoms with Crippen molar-refractivity contribution in [2.75, 3.05) is 13.1 Å².